The highest BCUT2D eigenvalue weighted by Gasteiger charge is 2.57. The molecule has 47 heavy (non-hydrogen) atoms. The third kappa shape index (κ3) is 7.93. The summed E-state index contributed by atoms with van der Waals surface area (Å²) in [6.07, 6.45) is 0.602. The van der Waals surface area contributed by atoms with E-state index in [-0.39, 0.29) is 31.1 Å². The molecule has 1 aliphatic rings. The lowest BCUT2D eigenvalue weighted by Gasteiger charge is -2.48. The Morgan fingerprint density at radius 1 is 0.830 bits per heavy atom. The minimum atomic E-state index is -1.61. The van der Waals surface area contributed by atoms with Gasteiger partial charge in [-0.2, -0.15) is 0 Å². The zero-order valence-electron chi connectivity index (χ0n) is 26.3. The first-order valence-electron chi connectivity index (χ1n) is 15.8. The average Bonchev–Trinajstić information content (AvgIpc) is 3.08. The maximum absolute atomic E-state index is 13.8. The molecular weight excluding hydrogens is 614 g/mol. The Kier molecular flexibility index (Phi) is 11.5. The van der Waals surface area contributed by atoms with Crippen molar-refractivity contribution in [2.75, 3.05) is 19.8 Å². The maximum atomic E-state index is 13.8. The van der Waals surface area contributed by atoms with E-state index < -0.39 is 29.3 Å². The van der Waals surface area contributed by atoms with Gasteiger partial charge in [0, 0.05) is 22.6 Å². The predicted molar refractivity (Wildman–Crippen MR) is 182 cm³/mol. The number of hydrogen-bond donors (Lipinski definition) is 3. The van der Waals surface area contributed by atoms with Gasteiger partial charge in [-0.3, -0.25) is 4.79 Å². The number of rotatable bonds is 15. The molecule has 0 aliphatic carbocycles. The summed E-state index contributed by atoms with van der Waals surface area (Å²) in [4.78, 5) is 26.7. The lowest BCUT2D eigenvalue weighted by molar-refractivity contribution is -0.155. The van der Waals surface area contributed by atoms with Crippen LogP contribution in [0.5, 0.6) is 0 Å². The van der Waals surface area contributed by atoms with E-state index in [1.807, 2.05) is 91.0 Å². The molecule has 0 aromatic heterocycles. The fourth-order valence-corrected chi connectivity index (χ4v) is 7.03. The molecule has 3 N–H and O–H groups in total. The highest BCUT2D eigenvalue weighted by molar-refractivity contribution is 6.30. The van der Waals surface area contributed by atoms with Crippen LogP contribution < -0.4 is 5.32 Å². The Labute approximate surface area is 280 Å². The molecule has 0 saturated carbocycles. The molecule has 0 fully saturated rings. The van der Waals surface area contributed by atoms with Crippen molar-refractivity contribution in [2.45, 2.75) is 44.2 Å². The average molecular weight is 654 g/mol. The standard InChI is InChI=1S/C39H40ClNO6/c1-27-35(37(42)43)36(31-18-11-19-32(40)24-31)39(38(44)45,34(41-27)26-47-23-22-46-25-28-12-5-2-6-13-28)21-20-33(29-14-7-3-8-15-29)30-16-9-4-10-17-30/h2-19,24,33-34,36,41H,20-23,25-26H2,1H3,(H,42,43)(H,44,45). The fraction of sp³-hybridized carbons (Fsp3) is 0.282. The van der Waals surface area contributed by atoms with Gasteiger partial charge in [-0.25, -0.2) is 4.79 Å². The number of hydrogen-bond acceptors (Lipinski definition) is 5. The van der Waals surface area contributed by atoms with Gasteiger partial charge >= 0.3 is 11.9 Å². The summed E-state index contributed by atoms with van der Waals surface area (Å²) < 4.78 is 11.9. The van der Waals surface area contributed by atoms with E-state index in [1.54, 1.807) is 31.2 Å². The Morgan fingerprint density at radius 3 is 2.00 bits per heavy atom. The van der Waals surface area contributed by atoms with Gasteiger partial charge in [0.2, 0.25) is 0 Å². The van der Waals surface area contributed by atoms with Gasteiger partial charge in [-0.05, 0) is 54.2 Å². The molecular formula is C39H40ClNO6. The number of carboxylic acids is 2. The highest BCUT2D eigenvalue weighted by Crippen LogP contribution is 2.52. The third-order valence-corrected chi connectivity index (χ3v) is 9.28. The first-order valence-corrected chi connectivity index (χ1v) is 16.2. The molecule has 3 atom stereocenters. The van der Waals surface area contributed by atoms with Gasteiger partial charge < -0.3 is 25.0 Å². The van der Waals surface area contributed by atoms with E-state index in [0.717, 1.165) is 16.7 Å². The van der Waals surface area contributed by atoms with E-state index in [2.05, 4.69) is 5.32 Å². The SMILES string of the molecule is CC1=C(C(=O)O)C(c2cccc(Cl)c2)C(CCC(c2ccccc2)c2ccccc2)(C(=O)O)C(COCCOCc2ccccc2)N1. The smallest absolute Gasteiger partial charge is 0.333 e. The van der Waals surface area contributed by atoms with E-state index in [4.69, 9.17) is 21.1 Å². The molecule has 1 heterocycles. The summed E-state index contributed by atoms with van der Waals surface area (Å²) in [5, 5.41) is 25.5. The van der Waals surface area contributed by atoms with Crippen LogP contribution in [0, 0.1) is 5.41 Å². The summed E-state index contributed by atoms with van der Waals surface area (Å²) >= 11 is 6.44. The van der Waals surface area contributed by atoms with Crippen LogP contribution in [0.3, 0.4) is 0 Å². The molecule has 0 spiro atoms. The van der Waals surface area contributed by atoms with Gasteiger partial charge in [0.25, 0.3) is 0 Å². The number of allylic oxidation sites excluding steroid dienone is 1. The van der Waals surface area contributed by atoms with Crippen LogP contribution in [-0.2, 0) is 25.7 Å². The van der Waals surface area contributed by atoms with Crippen LogP contribution in [0.2, 0.25) is 5.02 Å². The Morgan fingerprint density at radius 2 is 1.43 bits per heavy atom. The van der Waals surface area contributed by atoms with Crippen molar-refractivity contribution >= 4 is 23.5 Å². The quantitative estimate of drug-likeness (QED) is 0.113. The van der Waals surface area contributed by atoms with Gasteiger partial charge in [-0.1, -0.05) is 115 Å². The van der Waals surface area contributed by atoms with Crippen molar-refractivity contribution in [3.63, 3.8) is 0 Å². The second-order valence-electron chi connectivity index (χ2n) is 11.9. The van der Waals surface area contributed by atoms with E-state index >= 15 is 0 Å². The molecule has 0 amide bonds. The third-order valence-electron chi connectivity index (χ3n) is 9.05. The summed E-state index contributed by atoms with van der Waals surface area (Å²) in [7, 11) is 0. The first kappa shape index (κ1) is 33.9. The second-order valence-corrected chi connectivity index (χ2v) is 12.3. The number of nitrogens with one attached hydrogen (secondary N) is 1. The first-order chi connectivity index (χ1) is 22.8. The Hall–Kier alpha value is -4.43. The van der Waals surface area contributed by atoms with Gasteiger partial charge in [-0.15, -0.1) is 0 Å². The Balaban J connectivity index is 1.50. The summed E-state index contributed by atoms with van der Waals surface area (Å²) in [5.74, 6) is -3.41. The Bertz CT molecular complexity index is 1620. The van der Waals surface area contributed by atoms with Gasteiger partial charge in [0.1, 0.15) is 5.41 Å². The van der Waals surface area contributed by atoms with Crippen molar-refractivity contribution in [3.8, 4) is 0 Å². The van der Waals surface area contributed by atoms with Crippen molar-refractivity contribution < 1.29 is 29.3 Å². The van der Waals surface area contributed by atoms with E-state index in [9.17, 15) is 19.8 Å². The van der Waals surface area contributed by atoms with Crippen molar-refractivity contribution in [1.29, 1.82) is 0 Å². The van der Waals surface area contributed by atoms with Crippen LogP contribution in [0.4, 0.5) is 0 Å². The van der Waals surface area contributed by atoms with Crippen LogP contribution in [-0.4, -0.2) is 48.0 Å². The number of benzene rings is 4. The normalized spacial score (nSPS) is 19.4. The number of halogens is 1. The molecule has 5 rings (SSSR count). The molecule has 4 aromatic carbocycles. The zero-order chi connectivity index (χ0) is 33.2. The number of carboxylic acid groups (broad SMARTS) is 2. The molecule has 1 aliphatic heterocycles. The predicted octanol–water partition coefficient (Wildman–Crippen LogP) is 7.67. The largest absolute Gasteiger partial charge is 0.481 e. The van der Waals surface area contributed by atoms with Crippen LogP contribution in [0.15, 0.2) is 127 Å². The molecule has 0 radical (unpaired) electrons. The minimum Gasteiger partial charge on any atom is -0.481 e. The zero-order valence-corrected chi connectivity index (χ0v) is 27.1. The monoisotopic (exact) mass is 653 g/mol. The molecule has 4 aromatic rings. The summed E-state index contributed by atoms with van der Waals surface area (Å²) in [5.41, 5.74) is 2.48. The molecule has 0 bridgehead atoms. The molecule has 3 unspecified atom stereocenters. The molecule has 244 valence electrons. The summed E-state index contributed by atoms with van der Waals surface area (Å²) in [6.45, 7) is 2.71. The van der Waals surface area contributed by atoms with Crippen molar-refractivity contribution in [2.24, 2.45) is 5.41 Å². The number of carbonyl (C=O) groups is 2. The van der Waals surface area contributed by atoms with Crippen molar-refractivity contribution in [3.05, 3.63) is 154 Å². The molecule has 7 nitrogen and oxygen atoms in total. The topological polar surface area (TPSA) is 105 Å². The van der Waals surface area contributed by atoms with Crippen LogP contribution >= 0.6 is 11.6 Å². The second kappa shape index (κ2) is 15.9. The van der Waals surface area contributed by atoms with E-state index in [0.29, 0.717) is 35.9 Å². The number of aliphatic carboxylic acids is 2. The lowest BCUT2D eigenvalue weighted by atomic mass is 9.59. The molecule has 8 heteroatoms. The fourth-order valence-electron chi connectivity index (χ4n) is 6.83. The van der Waals surface area contributed by atoms with Crippen LogP contribution in [0.1, 0.15) is 53.9 Å². The highest BCUT2D eigenvalue weighted by atomic mass is 35.5. The van der Waals surface area contributed by atoms with E-state index in [1.165, 1.54) is 0 Å². The lowest BCUT2D eigenvalue weighted by Crippen LogP contribution is -2.59. The van der Waals surface area contributed by atoms with Crippen LogP contribution in [0.25, 0.3) is 0 Å². The maximum Gasteiger partial charge on any atom is 0.333 e. The minimum absolute atomic E-state index is 0.00748. The van der Waals surface area contributed by atoms with Gasteiger partial charge in [0.15, 0.2) is 0 Å². The number of ether oxygens (including phenoxy) is 2. The van der Waals surface area contributed by atoms with Gasteiger partial charge in [0.05, 0.1) is 38.0 Å². The van der Waals surface area contributed by atoms with Crippen molar-refractivity contribution in [1.82, 2.24) is 5.32 Å². The molecule has 0 saturated heterocycles. The summed E-state index contributed by atoms with van der Waals surface area (Å²) in [6, 6.07) is 35.9.